The van der Waals surface area contributed by atoms with Gasteiger partial charge in [-0.25, -0.2) is 4.98 Å². The summed E-state index contributed by atoms with van der Waals surface area (Å²) in [7, 11) is 0. The lowest BCUT2D eigenvalue weighted by molar-refractivity contribution is -0.0657. The van der Waals surface area contributed by atoms with Crippen molar-refractivity contribution in [3.05, 3.63) is 11.1 Å². The van der Waals surface area contributed by atoms with Gasteiger partial charge in [0.1, 0.15) is 0 Å². The van der Waals surface area contributed by atoms with Crippen LogP contribution in [0.5, 0.6) is 0 Å². The minimum Gasteiger partial charge on any atom is -0.378 e. The molecule has 4 nitrogen and oxygen atoms in total. The summed E-state index contributed by atoms with van der Waals surface area (Å²) in [6.45, 7) is 8.03. The first-order valence-corrected chi connectivity index (χ1v) is 6.49. The zero-order valence-electron chi connectivity index (χ0n) is 9.90. The molecule has 16 heavy (non-hydrogen) atoms. The van der Waals surface area contributed by atoms with E-state index in [1.807, 2.05) is 6.20 Å². The molecular formula is C11H19N3OS. The maximum Gasteiger partial charge on any atom is 0.180 e. The normalized spacial score (nSPS) is 27.1. The summed E-state index contributed by atoms with van der Waals surface area (Å²) in [6.07, 6.45) is 2.98. The van der Waals surface area contributed by atoms with Gasteiger partial charge in [0, 0.05) is 29.7 Å². The number of hydrogen-bond donors (Lipinski definition) is 1. The van der Waals surface area contributed by atoms with Crippen molar-refractivity contribution in [2.45, 2.75) is 32.4 Å². The van der Waals surface area contributed by atoms with E-state index >= 15 is 0 Å². The van der Waals surface area contributed by atoms with Crippen LogP contribution >= 0.6 is 11.3 Å². The zero-order chi connectivity index (χ0) is 11.6. The Bertz CT molecular complexity index is 355. The standard InChI is InChI=1S/C11H19N3OS/c1-3-11(2)8-15-5-4-14(11)7-9-6-13-10(12)16-9/h6H,3-5,7-8H2,1-2H3,(H2,12,13). The van der Waals surface area contributed by atoms with Crippen LogP contribution in [0.4, 0.5) is 5.13 Å². The fraction of sp³-hybridized carbons (Fsp3) is 0.727. The van der Waals surface area contributed by atoms with Crippen molar-refractivity contribution in [2.75, 3.05) is 25.5 Å². The van der Waals surface area contributed by atoms with E-state index in [0.29, 0.717) is 5.13 Å². The zero-order valence-corrected chi connectivity index (χ0v) is 10.7. The molecular weight excluding hydrogens is 222 g/mol. The van der Waals surface area contributed by atoms with E-state index in [1.165, 1.54) is 4.88 Å². The van der Waals surface area contributed by atoms with E-state index in [0.717, 1.165) is 32.7 Å². The second-order valence-electron chi connectivity index (χ2n) is 4.49. The summed E-state index contributed by atoms with van der Waals surface area (Å²) in [5, 5.41) is 0.654. The number of aromatic nitrogens is 1. The van der Waals surface area contributed by atoms with Crippen molar-refractivity contribution < 1.29 is 4.74 Å². The van der Waals surface area contributed by atoms with Gasteiger partial charge in [-0.3, -0.25) is 4.90 Å². The molecule has 1 fully saturated rings. The Hall–Kier alpha value is -0.650. The third-order valence-electron chi connectivity index (χ3n) is 3.36. The fourth-order valence-corrected chi connectivity index (χ4v) is 2.71. The molecule has 0 bridgehead atoms. The highest BCUT2D eigenvalue weighted by Crippen LogP contribution is 2.27. The second-order valence-corrected chi connectivity index (χ2v) is 5.64. The summed E-state index contributed by atoms with van der Waals surface area (Å²) in [5.41, 5.74) is 5.80. The predicted octanol–water partition coefficient (Wildman–Crippen LogP) is 1.73. The van der Waals surface area contributed by atoms with Gasteiger partial charge >= 0.3 is 0 Å². The first kappa shape index (κ1) is 11.8. The van der Waals surface area contributed by atoms with Crippen LogP contribution in [0.2, 0.25) is 0 Å². The molecule has 1 saturated heterocycles. The molecule has 1 atom stereocenters. The Labute approximate surface area is 100 Å². The smallest absolute Gasteiger partial charge is 0.180 e. The molecule has 1 aliphatic heterocycles. The fourth-order valence-electron chi connectivity index (χ4n) is 2.01. The summed E-state index contributed by atoms with van der Waals surface area (Å²) in [6, 6.07) is 0. The molecule has 2 rings (SSSR count). The summed E-state index contributed by atoms with van der Waals surface area (Å²) < 4.78 is 5.57. The van der Waals surface area contributed by atoms with Gasteiger partial charge in [-0.05, 0) is 13.3 Å². The number of anilines is 1. The van der Waals surface area contributed by atoms with Crippen molar-refractivity contribution >= 4 is 16.5 Å². The van der Waals surface area contributed by atoms with Crippen LogP contribution in [0.25, 0.3) is 0 Å². The minimum absolute atomic E-state index is 0.150. The maximum absolute atomic E-state index is 5.65. The molecule has 0 spiro atoms. The highest BCUT2D eigenvalue weighted by atomic mass is 32.1. The number of nitrogens with two attached hydrogens (primary N) is 1. The Morgan fingerprint density at radius 1 is 1.69 bits per heavy atom. The van der Waals surface area contributed by atoms with E-state index in [-0.39, 0.29) is 5.54 Å². The van der Waals surface area contributed by atoms with Crippen LogP contribution < -0.4 is 5.73 Å². The Kier molecular flexibility index (Phi) is 3.47. The lowest BCUT2D eigenvalue weighted by Crippen LogP contribution is -2.53. The van der Waals surface area contributed by atoms with Crippen LogP contribution in [0.15, 0.2) is 6.20 Å². The van der Waals surface area contributed by atoms with Crippen LogP contribution in [-0.2, 0) is 11.3 Å². The molecule has 2 N–H and O–H groups in total. The summed E-state index contributed by atoms with van der Waals surface area (Å²) >= 11 is 1.58. The van der Waals surface area contributed by atoms with E-state index in [4.69, 9.17) is 10.5 Å². The topological polar surface area (TPSA) is 51.4 Å². The van der Waals surface area contributed by atoms with Gasteiger partial charge in [0.25, 0.3) is 0 Å². The Morgan fingerprint density at radius 3 is 3.12 bits per heavy atom. The van der Waals surface area contributed by atoms with Crippen molar-refractivity contribution in [2.24, 2.45) is 0 Å². The highest BCUT2D eigenvalue weighted by Gasteiger charge is 2.33. The van der Waals surface area contributed by atoms with Crippen LogP contribution in [-0.4, -0.2) is 35.2 Å². The molecule has 0 aromatic carbocycles. The molecule has 0 aliphatic carbocycles. The number of nitrogens with zero attached hydrogens (tertiary/aromatic N) is 2. The van der Waals surface area contributed by atoms with Crippen LogP contribution in [0.1, 0.15) is 25.1 Å². The van der Waals surface area contributed by atoms with Gasteiger partial charge in [-0.2, -0.15) is 0 Å². The van der Waals surface area contributed by atoms with Gasteiger partial charge in [0.15, 0.2) is 5.13 Å². The molecule has 1 unspecified atom stereocenters. The van der Waals surface area contributed by atoms with Crippen LogP contribution in [0, 0.1) is 0 Å². The van der Waals surface area contributed by atoms with Gasteiger partial charge < -0.3 is 10.5 Å². The molecule has 1 aromatic heterocycles. The van der Waals surface area contributed by atoms with Crippen molar-refractivity contribution in [1.29, 1.82) is 0 Å². The summed E-state index contributed by atoms with van der Waals surface area (Å²) in [5.74, 6) is 0. The van der Waals surface area contributed by atoms with Crippen molar-refractivity contribution in [3.63, 3.8) is 0 Å². The number of rotatable bonds is 3. The van der Waals surface area contributed by atoms with E-state index in [9.17, 15) is 0 Å². The molecule has 1 aliphatic rings. The third-order valence-corrected chi connectivity index (χ3v) is 4.17. The molecule has 0 amide bonds. The van der Waals surface area contributed by atoms with E-state index < -0.39 is 0 Å². The number of thiazole rings is 1. The van der Waals surface area contributed by atoms with Gasteiger partial charge in [-0.1, -0.05) is 6.92 Å². The Balaban J connectivity index is 2.07. The molecule has 2 heterocycles. The number of morpholine rings is 1. The first-order chi connectivity index (χ1) is 7.64. The first-order valence-electron chi connectivity index (χ1n) is 5.67. The molecule has 0 radical (unpaired) electrons. The van der Waals surface area contributed by atoms with Crippen LogP contribution in [0.3, 0.4) is 0 Å². The SMILES string of the molecule is CCC1(C)COCCN1Cc1cnc(N)s1. The molecule has 5 heteroatoms. The maximum atomic E-state index is 5.65. The van der Waals surface area contributed by atoms with E-state index in [2.05, 4.69) is 23.7 Å². The monoisotopic (exact) mass is 241 g/mol. The third kappa shape index (κ3) is 2.36. The van der Waals surface area contributed by atoms with Gasteiger partial charge in [-0.15, -0.1) is 11.3 Å². The second kappa shape index (κ2) is 4.69. The van der Waals surface area contributed by atoms with Crippen molar-refractivity contribution in [3.8, 4) is 0 Å². The average molecular weight is 241 g/mol. The van der Waals surface area contributed by atoms with Gasteiger partial charge in [0.05, 0.1) is 13.2 Å². The lowest BCUT2D eigenvalue weighted by atomic mass is 9.96. The van der Waals surface area contributed by atoms with Gasteiger partial charge in [0.2, 0.25) is 0 Å². The molecule has 1 aromatic rings. The number of ether oxygens (including phenoxy) is 1. The number of hydrogen-bond acceptors (Lipinski definition) is 5. The highest BCUT2D eigenvalue weighted by molar-refractivity contribution is 7.15. The largest absolute Gasteiger partial charge is 0.378 e. The van der Waals surface area contributed by atoms with Crippen molar-refractivity contribution in [1.82, 2.24) is 9.88 Å². The van der Waals surface area contributed by atoms with E-state index in [1.54, 1.807) is 11.3 Å². The predicted molar refractivity (Wildman–Crippen MR) is 66.5 cm³/mol. The quantitative estimate of drug-likeness (QED) is 0.875. The minimum atomic E-state index is 0.150. The average Bonchev–Trinajstić information content (AvgIpc) is 2.68. The number of nitrogen functional groups attached to an aromatic ring is 1. The Morgan fingerprint density at radius 2 is 2.50 bits per heavy atom. The lowest BCUT2D eigenvalue weighted by Gasteiger charge is -2.44. The summed E-state index contributed by atoms with van der Waals surface area (Å²) in [4.78, 5) is 7.80. The molecule has 90 valence electrons. The molecule has 0 saturated carbocycles.